The molecule has 2 atom stereocenters. The van der Waals surface area contributed by atoms with Crippen LogP contribution in [0.15, 0.2) is 54.4 Å². The lowest BCUT2D eigenvalue weighted by Gasteiger charge is -2.44. The number of nitrogens with zero attached hydrogens (tertiary/aromatic N) is 1. The van der Waals surface area contributed by atoms with Gasteiger partial charge >= 0.3 is 5.97 Å². The van der Waals surface area contributed by atoms with E-state index >= 15 is 0 Å². The molecule has 2 heterocycles. The summed E-state index contributed by atoms with van der Waals surface area (Å²) in [6.07, 6.45) is 14.5. The van der Waals surface area contributed by atoms with Crippen molar-refractivity contribution in [1.29, 1.82) is 0 Å². The average molecular weight is 597 g/mol. The number of nitrogens with one attached hydrogen (secondary N) is 1. The van der Waals surface area contributed by atoms with E-state index in [2.05, 4.69) is 24.4 Å². The number of carbonyl (C=O) groups excluding carboxylic acids is 3. The quantitative estimate of drug-likeness (QED) is 0.174. The summed E-state index contributed by atoms with van der Waals surface area (Å²) in [7, 11) is 0. The van der Waals surface area contributed by atoms with Gasteiger partial charge in [-0.2, -0.15) is 0 Å². The maximum Gasteiger partial charge on any atom is 0.312 e. The van der Waals surface area contributed by atoms with Gasteiger partial charge in [-0.3, -0.25) is 14.4 Å². The van der Waals surface area contributed by atoms with Crippen LogP contribution in [-0.2, 0) is 35.0 Å². The Labute approximate surface area is 258 Å². The highest BCUT2D eigenvalue weighted by Crippen LogP contribution is 2.34. The summed E-state index contributed by atoms with van der Waals surface area (Å²) >= 11 is 0. The van der Waals surface area contributed by atoms with Crippen LogP contribution in [0.3, 0.4) is 0 Å². The normalized spacial score (nSPS) is 19.8. The first-order valence-corrected chi connectivity index (χ1v) is 16.0. The van der Waals surface area contributed by atoms with Crippen LogP contribution in [0.1, 0.15) is 98.0 Å². The number of unbranched alkanes of at least 4 members (excludes halogenated alkanes) is 6. The lowest BCUT2D eigenvalue weighted by molar-refractivity contribution is -0.304. The van der Waals surface area contributed by atoms with Crippen molar-refractivity contribution in [1.82, 2.24) is 10.2 Å². The third-order valence-electron chi connectivity index (χ3n) is 8.02. The molecule has 8 heteroatoms. The second kappa shape index (κ2) is 16.8. The van der Waals surface area contributed by atoms with Gasteiger partial charge in [-0.1, -0.05) is 96.0 Å². The first kappa shape index (κ1) is 34.5. The molecule has 238 valence electrons. The molecule has 1 fully saturated rings. The summed E-state index contributed by atoms with van der Waals surface area (Å²) < 4.78 is 17.0. The minimum Gasteiger partial charge on any atom is -0.427 e. The van der Waals surface area contributed by atoms with E-state index in [9.17, 15) is 14.4 Å². The number of ether oxygens (including phenoxy) is 3. The Bertz CT molecular complexity index is 1110. The van der Waals surface area contributed by atoms with Crippen molar-refractivity contribution in [3.05, 3.63) is 60.0 Å². The summed E-state index contributed by atoms with van der Waals surface area (Å²) in [6.45, 7) is 10.5. The molecule has 3 rings (SSSR count). The highest BCUT2D eigenvalue weighted by Gasteiger charge is 2.45. The molecule has 1 N–H and O–H groups in total. The Morgan fingerprint density at radius 3 is 2.40 bits per heavy atom. The highest BCUT2D eigenvalue weighted by atomic mass is 16.7. The van der Waals surface area contributed by atoms with Crippen molar-refractivity contribution in [3.63, 3.8) is 0 Å². The van der Waals surface area contributed by atoms with Crippen LogP contribution in [0.2, 0.25) is 0 Å². The number of esters is 1. The summed E-state index contributed by atoms with van der Waals surface area (Å²) in [5.41, 5.74) is 0.674. The first-order chi connectivity index (χ1) is 20.5. The number of allylic oxidation sites excluding steroid dienone is 1. The molecule has 2 aliphatic rings. The molecule has 0 saturated carbocycles. The highest BCUT2D eigenvalue weighted by molar-refractivity contribution is 5.82. The molecule has 2 aliphatic heterocycles. The lowest BCUT2D eigenvalue weighted by atomic mass is 9.85. The van der Waals surface area contributed by atoms with Crippen molar-refractivity contribution in [2.75, 3.05) is 19.7 Å². The zero-order valence-corrected chi connectivity index (χ0v) is 26.9. The van der Waals surface area contributed by atoms with Crippen LogP contribution in [0.5, 0.6) is 0 Å². The van der Waals surface area contributed by atoms with Crippen molar-refractivity contribution < 1.29 is 28.6 Å². The number of hydrogen-bond acceptors (Lipinski definition) is 6. The minimum absolute atomic E-state index is 0.0181. The smallest absolute Gasteiger partial charge is 0.312 e. The van der Waals surface area contributed by atoms with E-state index in [0.29, 0.717) is 25.3 Å². The molecule has 2 unspecified atom stereocenters. The van der Waals surface area contributed by atoms with Crippen LogP contribution in [0.4, 0.5) is 0 Å². The summed E-state index contributed by atoms with van der Waals surface area (Å²) in [5.74, 6) is -1.18. The molecule has 0 bridgehead atoms. The maximum atomic E-state index is 13.5. The Balaban J connectivity index is 1.45. The molecular weight excluding hydrogens is 544 g/mol. The van der Waals surface area contributed by atoms with E-state index < -0.39 is 23.3 Å². The molecule has 1 aromatic rings. The Morgan fingerprint density at radius 1 is 1.02 bits per heavy atom. The predicted molar refractivity (Wildman–Crippen MR) is 168 cm³/mol. The number of hydrogen-bond donors (Lipinski definition) is 1. The van der Waals surface area contributed by atoms with Crippen molar-refractivity contribution in [2.45, 2.75) is 111 Å². The fourth-order valence-electron chi connectivity index (χ4n) is 5.40. The zero-order chi connectivity index (χ0) is 31.3. The van der Waals surface area contributed by atoms with Gasteiger partial charge in [0.1, 0.15) is 11.9 Å². The minimum atomic E-state index is -0.846. The van der Waals surface area contributed by atoms with E-state index in [1.807, 2.05) is 32.0 Å². The van der Waals surface area contributed by atoms with Crippen molar-refractivity contribution in [3.8, 4) is 0 Å². The molecule has 0 radical (unpaired) electrons. The van der Waals surface area contributed by atoms with E-state index in [-0.39, 0.29) is 30.7 Å². The number of carbonyl (C=O) groups is 3. The van der Waals surface area contributed by atoms with E-state index in [1.54, 1.807) is 37.1 Å². The van der Waals surface area contributed by atoms with Crippen molar-refractivity contribution >= 4 is 17.8 Å². The molecule has 0 spiro atoms. The Kier molecular flexibility index (Phi) is 13.5. The topological polar surface area (TPSA) is 94.2 Å². The molecule has 2 amide bonds. The SMILES string of the molecule is CCCCCCCCCC(Cc1ccccc1)C(=O)N1C=CC(OC(=O)CCNC(=O)C2OC(C)(C)OCC2(C)C)=CC1. The number of amides is 2. The average Bonchev–Trinajstić information content (AvgIpc) is 2.98. The molecule has 1 saturated heterocycles. The maximum absolute atomic E-state index is 13.5. The van der Waals surface area contributed by atoms with E-state index in [4.69, 9.17) is 14.2 Å². The van der Waals surface area contributed by atoms with Crippen LogP contribution >= 0.6 is 0 Å². The molecule has 43 heavy (non-hydrogen) atoms. The van der Waals surface area contributed by atoms with Gasteiger partial charge in [-0.15, -0.1) is 0 Å². The fraction of sp³-hybridized carbons (Fsp3) is 0.629. The Morgan fingerprint density at radius 2 is 1.72 bits per heavy atom. The summed E-state index contributed by atoms with van der Waals surface area (Å²) in [6, 6.07) is 10.2. The third-order valence-corrected chi connectivity index (χ3v) is 8.02. The van der Waals surface area contributed by atoms with Crippen LogP contribution in [0, 0.1) is 11.3 Å². The van der Waals surface area contributed by atoms with Gasteiger partial charge in [0.05, 0.1) is 13.0 Å². The molecule has 8 nitrogen and oxygen atoms in total. The van der Waals surface area contributed by atoms with Crippen molar-refractivity contribution in [2.24, 2.45) is 11.3 Å². The zero-order valence-electron chi connectivity index (χ0n) is 26.9. The molecule has 0 aromatic heterocycles. The summed E-state index contributed by atoms with van der Waals surface area (Å²) in [4.78, 5) is 40.5. The second-order valence-corrected chi connectivity index (χ2v) is 12.9. The van der Waals surface area contributed by atoms with Gasteiger partial charge in [0, 0.05) is 30.6 Å². The van der Waals surface area contributed by atoms with Crippen LogP contribution in [0.25, 0.3) is 0 Å². The third kappa shape index (κ3) is 11.6. The monoisotopic (exact) mass is 596 g/mol. The van der Waals surface area contributed by atoms with Gasteiger partial charge in [-0.25, -0.2) is 0 Å². The predicted octanol–water partition coefficient (Wildman–Crippen LogP) is 6.45. The van der Waals surface area contributed by atoms with Crippen LogP contribution in [-0.4, -0.2) is 54.3 Å². The molecule has 1 aromatic carbocycles. The standard InChI is InChI=1S/C35H52N2O6/c1-6-7-8-9-10-11-15-18-28(25-27-16-13-12-14-17-27)33(40)37-23-20-29(21-24-37)42-30(38)19-22-36-32(39)31-34(2,3)26-41-35(4,5)43-31/h12-14,16-17,20-21,23,28,31H,6-11,15,18-19,22,24-26H2,1-5H3,(H,36,39). The van der Waals surface area contributed by atoms with E-state index in [1.165, 1.54) is 32.1 Å². The van der Waals surface area contributed by atoms with Crippen LogP contribution < -0.4 is 5.32 Å². The number of rotatable bonds is 16. The van der Waals surface area contributed by atoms with Gasteiger partial charge in [0.25, 0.3) is 0 Å². The van der Waals surface area contributed by atoms with Gasteiger partial charge in [0.2, 0.25) is 11.8 Å². The summed E-state index contributed by atoms with van der Waals surface area (Å²) in [5, 5.41) is 2.79. The lowest BCUT2D eigenvalue weighted by Crippen LogP contribution is -2.56. The van der Waals surface area contributed by atoms with Gasteiger partial charge in [0.15, 0.2) is 5.79 Å². The number of benzene rings is 1. The first-order valence-electron chi connectivity index (χ1n) is 16.0. The second-order valence-electron chi connectivity index (χ2n) is 12.9. The Hall–Kier alpha value is -2.97. The molecule has 0 aliphatic carbocycles. The van der Waals surface area contributed by atoms with Gasteiger partial charge < -0.3 is 24.4 Å². The molecular formula is C35H52N2O6. The fourth-order valence-corrected chi connectivity index (χ4v) is 5.40. The largest absolute Gasteiger partial charge is 0.427 e. The van der Waals surface area contributed by atoms with Gasteiger partial charge in [-0.05, 0) is 44.4 Å². The van der Waals surface area contributed by atoms with E-state index in [0.717, 1.165) is 24.8 Å².